The van der Waals surface area contributed by atoms with Crippen LogP contribution in [0.1, 0.15) is 30.6 Å². The van der Waals surface area contributed by atoms with Crippen molar-refractivity contribution in [1.82, 2.24) is 9.88 Å². The lowest BCUT2D eigenvalue weighted by Crippen LogP contribution is -2.35. The van der Waals surface area contributed by atoms with Crippen molar-refractivity contribution < 1.29 is 4.79 Å². The molecule has 1 aromatic rings. The molecule has 0 radical (unpaired) electrons. The van der Waals surface area contributed by atoms with Crippen LogP contribution in [0.15, 0.2) is 18.3 Å². The van der Waals surface area contributed by atoms with Crippen molar-refractivity contribution in [3.8, 4) is 0 Å². The van der Waals surface area contributed by atoms with Gasteiger partial charge >= 0.3 is 0 Å². The SMILES string of the molecule is CCSCC[C@H](C)N(C)C(=O)c1ccc(Cl)nc1. The molecule has 0 aliphatic heterocycles. The van der Waals surface area contributed by atoms with Gasteiger partial charge in [0.1, 0.15) is 5.15 Å². The van der Waals surface area contributed by atoms with Gasteiger partial charge in [-0.25, -0.2) is 4.98 Å². The fourth-order valence-corrected chi connectivity index (χ4v) is 2.41. The summed E-state index contributed by atoms with van der Waals surface area (Å²) >= 11 is 7.60. The molecule has 1 rings (SSSR count). The van der Waals surface area contributed by atoms with Crippen molar-refractivity contribution in [3.63, 3.8) is 0 Å². The summed E-state index contributed by atoms with van der Waals surface area (Å²) in [4.78, 5) is 17.9. The first-order valence-corrected chi connectivity index (χ1v) is 7.56. The van der Waals surface area contributed by atoms with Crippen LogP contribution >= 0.6 is 23.4 Å². The molecule has 0 aliphatic carbocycles. The first kappa shape index (κ1) is 15.3. The van der Waals surface area contributed by atoms with E-state index in [4.69, 9.17) is 11.6 Å². The fraction of sp³-hybridized carbons (Fsp3) is 0.538. The monoisotopic (exact) mass is 286 g/mol. The van der Waals surface area contributed by atoms with Gasteiger partial charge in [-0.1, -0.05) is 18.5 Å². The molecule has 0 spiro atoms. The Morgan fingerprint density at radius 2 is 2.28 bits per heavy atom. The summed E-state index contributed by atoms with van der Waals surface area (Å²) in [6.07, 6.45) is 2.52. The number of carbonyl (C=O) groups excluding carboxylic acids is 1. The Balaban J connectivity index is 2.57. The average Bonchev–Trinajstić information content (AvgIpc) is 2.38. The third-order valence-electron chi connectivity index (χ3n) is 2.84. The Morgan fingerprint density at radius 3 is 2.83 bits per heavy atom. The Bertz CT molecular complexity index is 383. The molecule has 0 fully saturated rings. The van der Waals surface area contributed by atoms with Crippen molar-refractivity contribution in [1.29, 1.82) is 0 Å². The third kappa shape index (κ3) is 4.50. The zero-order valence-electron chi connectivity index (χ0n) is 11.0. The summed E-state index contributed by atoms with van der Waals surface area (Å²) in [5.41, 5.74) is 0.580. The second-order valence-corrected chi connectivity index (χ2v) is 5.90. The number of aromatic nitrogens is 1. The molecule has 3 nitrogen and oxygen atoms in total. The summed E-state index contributed by atoms with van der Waals surface area (Å²) in [6, 6.07) is 3.58. The molecule has 0 N–H and O–H groups in total. The van der Waals surface area contributed by atoms with Crippen LogP contribution < -0.4 is 0 Å². The topological polar surface area (TPSA) is 33.2 Å². The van der Waals surface area contributed by atoms with Crippen LogP contribution in [-0.2, 0) is 0 Å². The van der Waals surface area contributed by atoms with Gasteiger partial charge in [-0.3, -0.25) is 4.79 Å². The molecule has 5 heteroatoms. The Labute approximate surface area is 118 Å². The second kappa shape index (κ2) is 7.64. The van der Waals surface area contributed by atoms with Gasteiger partial charge in [0.25, 0.3) is 5.91 Å². The van der Waals surface area contributed by atoms with Crippen molar-refractivity contribution in [2.24, 2.45) is 0 Å². The molecule has 100 valence electrons. The van der Waals surface area contributed by atoms with E-state index in [9.17, 15) is 4.79 Å². The number of thioether (sulfide) groups is 1. The van der Waals surface area contributed by atoms with E-state index in [1.165, 1.54) is 6.20 Å². The zero-order chi connectivity index (χ0) is 13.5. The van der Waals surface area contributed by atoms with E-state index in [2.05, 4.69) is 18.8 Å². The van der Waals surface area contributed by atoms with Gasteiger partial charge in [-0.05, 0) is 37.0 Å². The van der Waals surface area contributed by atoms with Crippen LogP contribution in [0.5, 0.6) is 0 Å². The molecule has 1 aromatic heterocycles. The van der Waals surface area contributed by atoms with E-state index in [0.29, 0.717) is 10.7 Å². The quantitative estimate of drug-likeness (QED) is 0.594. The Hall–Kier alpha value is -0.740. The summed E-state index contributed by atoms with van der Waals surface area (Å²) in [5, 5.41) is 0.404. The molecule has 0 aromatic carbocycles. The lowest BCUT2D eigenvalue weighted by molar-refractivity contribution is 0.0741. The maximum absolute atomic E-state index is 12.2. The number of carbonyl (C=O) groups is 1. The minimum Gasteiger partial charge on any atom is -0.339 e. The molecular formula is C13H19ClN2OS. The van der Waals surface area contributed by atoms with Crippen LogP contribution in [-0.4, -0.2) is 40.4 Å². The van der Waals surface area contributed by atoms with E-state index < -0.39 is 0 Å². The van der Waals surface area contributed by atoms with E-state index in [-0.39, 0.29) is 11.9 Å². The lowest BCUT2D eigenvalue weighted by atomic mass is 10.2. The first-order valence-electron chi connectivity index (χ1n) is 6.02. The predicted molar refractivity (Wildman–Crippen MR) is 78.4 cm³/mol. The molecular weight excluding hydrogens is 268 g/mol. The number of halogens is 1. The highest BCUT2D eigenvalue weighted by Crippen LogP contribution is 2.12. The standard InChI is InChI=1S/C13H19ClN2OS/c1-4-18-8-7-10(2)16(3)13(17)11-5-6-12(14)15-9-11/h5-6,9-10H,4,7-8H2,1-3H3/t10-/m0/s1. The number of nitrogens with zero attached hydrogens (tertiary/aromatic N) is 2. The Morgan fingerprint density at radius 1 is 1.56 bits per heavy atom. The minimum atomic E-state index is -0.00633. The smallest absolute Gasteiger partial charge is 0.255 e. The van der Waals surface area contributed by atoms with Gasteiger partial charge in [0.15, 0.2) is 0 Å². The summed E-state index contributed by atoms with van der Waals surface area (Å²) in [5.74, 6) is 2.19. The minimum absolute atomic E-state index is 0.00633. The molecule has 1 heterocycles. The number of hydrogen-bond donors (Lipinski definition) is 0. The highest BCUT2D eigenvalue weighted by Gasteiger charge is 2.17. The van der Waals surface area contributed by atoms with Gasteiger partial charge < -0.3 is 4.90 Å². The second-order valence-electron chi connectivity index (χ2n) is 4.12. The third-order valence-corrected chi connectivity index (χ3v) is 4.00. The number of amides is 1. The van der Waals surface area contributed by atoms with Gasteiger partial charge in [0.2, 0.25) is 0 Å². The highest BCUT2D eigenvalue weighted by atomic mass is 35.5. The number of hydrogen-bond acceptors (Lipinski definition) is 3. The molecule has 1 amide bonds. The van der Waals surface area contributed by atoms with Crippen molar-refractivity contribution in [2.75, 3.05) is 18.6 Å². The average molecular weight is 287 g/mol. The van der Waals surface area contributed by atoms with Crippen LogP contribution in [0.4, 0.5) is 0 Å². The van der Waals surface area contributed by atoms with Crippen molar-refractivity contribution in [2.45, 2.75) is 26.3 Å². The predicted octanol–water partition coefficient (Wildman–Crippen LogP) is 3.34. The number of rotatable bonds is 6. The van der Waals surface area contributed by atoms with Crippen LogP contribution in [0, 0.1) is 0 Å². The summed E-state index contributed by atoms with van der Waals surface area (Å²) in [6.45, 7) is 4.21. The molecule has 0 bridgehead atoms. The lowest BCUT2D eigenvalue weighted by Gasteiger charge is -2.24. The normalized spacial score (nSPS) is 12.2. The fourth-order valence-electron chi connectivity index (χ4n) is 1.50. The number of pyridine rings is 1. The molecule has 0 saturated carbocycles. The summed E-state index contributed by atoms with van der Waals surface area (Å²) in [7, 11) is 1.83. The van der Waals surface area contributed by atoms with E-state index in [0.717, 1.165) is 17.9 Å². The first-order chi connectivity index (χ1) is 8.56. The molecule has 0 unspecified atom stereocenters. The van der Waals surface area contributed by atoms with Gasteiger partial charge in [0, 0.05) is 19.3 Å². The summed E-state index contributed by atoms with van der Waals surface area (Å²) < 4.78 is 0. The van der Waals surface area contributed by atoms with Crippen molar-refractivity contribution in [3.05, 3.63) is 29.0 Å². The van der Waals surface area contributed by atoms with Gasteiger partial charge in [0.05, 0.1) is 5.56 Å². The Kier molecular flexibility index (Phi) is 6.50. The van der Waals surface area contributed by atoms with Crippen LogP contribution in [0.25, 0.3) is 0 Å². The maximum Gasteiger partial charge on any atom is 0.255 e. The van der Waals surface area contributed by atoms with Crippen LogP contribution in [0.2, 0.25) is 5.15 Å². The van der Waals surface area contributed by atoms with Crippen LogP contribution in [0.3, 0.4) is 0 Å². The van der Waals surface area contributed by atoms with Crippen molar-refractivity contribution >= 4 is 29.3 Å². The zero-order valence-corrected chi connectivity index (χ0v) is 12.6. The van der Waals surface area contributed by atoms with E-state index >= 15 is 0 Å². The largest absolute Gasteiger partial charge is 0.339 e. The maximum atomic E-state index is 12.2. The van der Waals surface area contributed by atoms with E-state index in [1.807, 2.05) is 18.8 Å². The van der Waals surface area contributed by atoms with Gasteiger partial charge in [-0.2, -0.15) is 11.8 Å². The van der Waals surface area contributed by atoms with E-state index in [1.54, 1.807) is 17.0 Å². The molecule has 0 saturated heterocycles. The van der Waals surface area contributed by atoms with Gasteiger partial charge in [-0.15, -0.1) is 0 Å². The highest BCUT2D eigenvalue weighted by molar-refractivity contribution is 7.99. The molecule has 1 atom stereocenters. The molecule has 0 aliphatic rings. The molecule has 18 heavy (non-hydrogen) atoms.